The van der Waals surface area contributed by atoms with E-state index >= 15 is 0 Å². The Labute approximate surface area is 128 Å². The van der Waals surface area contributed by atoms with Crippen molar-refractivity contribution in [3.8, 4) is 11.3 Å². The van der Waals surface area contributed by atoms with Crippen LogP contribution in [0.2, 0.25) is 0 Å². The summed E-state index contributed by atoms with van der Waals surface area (Å²) in [5, 5.41) is 8.87. The van der Waals surface area contributed by atoms with Crippen LogP contribution in [-0.4, -0.2) is 22.0 Å². The number of nitrogens with two attached hydrogens (primary N) is 1. The van der Waals surface area contributed by atoms with Crippen molar-refractivity contribution in [2.24, 2.45) is 11.1 Å². The fraction of sp³-hybridized carbons (Fsp3) is 0.400. The molecule has 5 nitrogen and oxygen atoms in total. The lowest BCUT2D eigenvalue weighted by Gasteiger charge is -2.28. The predicted octanol–water partition coefficient (Wildman–Crippen LogP) is 2.91. The first-order chi connectivity index (χ1) is 10.1. The Hall–Kier alpha value is -1.79. The van der Waals surface area contributed by atoms with Gasteiger partial charge in [0, 0.05) is 23.2 Å². The van der Waals surface area contributed by atoms with Crippen molar-refractivity contribution < 1.29 is 4.79 Å². The maximum Gasteiger partial charge on any atom is 0.231 e. The largest absolute Gasteiger partial charge is 0.329 e. The lowest BCUT2D eigenvalue weighted by atomic mass is 9.81. The number of carbonyl (C=O) groups excluding carboxylic acids is 1. The molecule has 21 heavy (non-hydrogen) atoms. The summed E-state index contributed by atoms with van der Waals surface area (Å²) in [6.07, 6.45) is 1.46. The van der Waals surface area contributed by atoms with Crippen molar-refractivity contribution >= 4 is 23.1 Å². The van der Waals surface area contributed by atoms with Crippen LogP contribution in [0.1, 0.15) is 26.7 Å². The van der Waals surface area contributed by atoms with Crippen LogP contribution in [0.25, 0.3) is 11.3 Å². The van der Waals surface area contributed by atoms with Crippen LogP contribution >= 0.6 is 11.5 Å². The van der Waals surface area contributed by atoms with Crippen LogP contribution in [0.3, 0.4) is 0 Å². The topological polar surface area (TPSA) is 80.9 Å². The second-order valence-corrected chi connectivity index (χ2v) is 5.62. The van der Waals surface area contributed by atoms with E-state index in [1.165, 1.54) is 11.5 Å². The molecule has 0 bridgehead atoms. The molecule has 1 amide bonds. The second-order valence-electron chi connectivity index (χ2n) is 5.01. The number of benzene rings is 1. The van der Waals surface area contributed by atoms with Crippen molar-refractivity contribution in [3.63, 3.8) is 0 Å². The molecule has 2 aromatic rings. The summed E-state index contributed by atoms with van der Waals surface area (Å²) in [7, 11) is 0. The van der Waals surface area contributed by atoms with Gasteiger partial charge >= 0.3 is 0 Å². The van der Waals surface area contributed by atoms with Gasteiger partial charge in [0.25, 0.3) is 0 Å². The average molecular weight is 304 g/mol. The van der Waals surface area contributed by atoms with E-state index < -0.39 is 5.41 Å². The number of anilines is 1. The van der Waals surface area contributed by atoms with E-state index in [0.717, 1.165) is 29.8 Å². The normalized spacial score (nSPS) is 11.4. The summed E-state index contributed by atoms with van der Waals surface area (Å²) in [6, 6.07) is 7.60. The van der Waals surface area contributed by atoms with Crippen LogP contribution in [-0.2, 0) is 4.79 Å². The minimum Gasteiger partial charge on any atom is -0.329 e. The molecule has 0 aliphatic rings. The number of hydrogen-bond acceptors (Lipinski definition) is 5. The molecule has 0 radical (unpaired) electrons. The molecule has 0 spiro atoms. The van der Waals surface area contributed by atoms with E-state index in [1.54, 1.807) is 0 Å². The summed E-state index contributed by atoms with van der Waals surface area (Å²) in [5.74, 6) is -0.0157. The van der Waals surface area contributed by atoms with Crippen molar-refractivity contribution in [1.82, 2.24) is 9.59 Å². The van der Waals surface area contributed by atoms with Crippen LogP contribution in [0.15, 0.2) is 29.6 Å². The second kappa shape index (κ2) is 6.78. The molecule has 0 aliphatic heterocycles. The first-order valence-corrected chi connectivity index (χ1v) is 7.88. The molecule has 0 unspecified atom stereocenters. The molecule has 6 heteroatoms. The van der Waals surface area contributed by atoms with Gasteiger partial charge in [-0.05, 0) is 36.5 Å². The third-order valence-electron chi connectivity index (χ3n) is 4.02. The summed E-state index contributed by atoms with van der Waals surface area (Å²) in [5.41, 5.74) is 7.91. The summed E-state index contributed by atoms with van der Waals surface area (Å²) < 4.78 is 3.84. The maximum atomic E-state index is 12.4. The Morgan fingerprint density at radius 2 is 1.95 bits per heavy atom. The summed E-state index contributed by atoms with van der Waals surface area (Å²) in [6.45, 7) is 4.34. The lowest BCUT2D eigenvalue weighted by molar-refractivity contribution is -0.125. The minimum atomic E-state index is -0.489. The molecule has 3 N–H and O–H groups in total. The molecule has 0 atom stereocenters. The molecule has 0 aliphatic carbocycles. The Kier molecular flexibility index (Phi) is 5.03. The molecule has 1 aromatic carbocycles. The maximum absolute atomic E-state index is 12.4. The van der Waals surface area contributed by atoms with Crippen LogP contribution in [0, 0.1) is 5.41 Å². The van der Waals surface area contributed by atoms with Gasteiger partial charge in [-0.1, -0.05) is 30.5 Å². The van der Waals surface area contributed by atoms with E-state index in [9.17, 15) is 4.79 Å². The van der Waals surface area contributed by atoms with E-state index in [-0.39, 0.29) is 5.91 Å². The highest BCUT2D eigenvalue weighted by molar-refractivity contribution is 7.03. The van der Waals surface area contributed by atoms with Gasteiger partial charge in [0.1, 0.15) is 5.69 Å². The molecule has 2 rings (SSSR count). The van der Waals surface area contributed by atoms with Gasteiger partial charge in [0.15, 0.2) is 0 Å². The summed E-state index contributed by atoms with van der Waals surface area (Å²) in [4.78, 5) is 12.4. The first-order valence-electron chi connectivity index (χ1n) is 7.04. The van der Waals surface area contributed by atoms with Crippen molar-refractivity contribution in [2.75, 3.05) is 11.9 Å². The zero-order valence-electron chi connectivity index (χ0n) is 12.3. The van der Waals surface area contributed by atoms with Gasteiger partial charge in [-0.15, -0.1) is 5.10 Å². The molecular weight excluding hydrogens is 284 g/mol. The molecular formula is C15H20N4OS. The zero-order valence-corrected chi connectivity index (χ0v) is 13.1. The number of hydrogen-bond donors (Lipinski definition) is 2. The number of rotatable bonds is 6. The van der Waals surface area contributed by atoms with Gasteiger partial charge in [-0.2, -0.15) is 0 Å². The van der Waals surface area contributed by atoms with Gasteiger partial charge in [-0.3, -0.25) is 4.79 Å². The molecule has 0 saturated carbocycles. The standard InChI is InChI=1S/C15H20N4OS/c1-3-15(4-2,10-16)14(20)17-12-7-5-11(6-8-12)13-9-21-19-18-13/h5-9H,3-4,10,16H2,1-2H3,(H,17,20). The third kappa shape index (κ3) is 3.28. The molecule has 1 heterocycles. The highest BCUT2D eigenvalue weighted by atomic mass is 32.1. The van der Waals surface area contributed by atoms with Crippen molar-refractivity contribution in [1.29, 1.82) is 0 Å². The van der Waals surface area contributed by atoms with Crippen molar-refractivity contribution in [3.05, 3.63) is 29.6 Å². The average Bonchev–Trinajstić information content (AvgIpc) is 3.05. The highest BCUT2D eigenvalue weighted by Crippen LogP contribution is 2.27. The summed E-state index contributed by atoms with van der Waals surface area (Å²) >= 11 is 1.32. The van der Waals surface area contributed by atoms with Gasteiger partial charge in [0.05, 0.1) is 5.41 Å². The van der Waals surface area contributed by atoms with E-state index in [1.807, 2.05) is 43.5 Å². The van der Waals surface area contributed by atoms with Gasteiger partial charge in [-0.25, -0.2) is 0 Å². The fourth-order valence-corrected chi connectivity index (χ4v) is 2.70. The van der Waals surface area contributed by atoms with Crippen LogP contribution in [0.5, 0.6) is 0 Å². The minimum absolute atomic E-state index is 0.0157. The number of nitrogens with zero attached hydrogens (tertiary/aromatic N) is 2. The highest BCUT2D eigenvalue weighted by Gasteiger charge is 2.33. The predicted molar refractivity (Wildman–Crippen MR) is 86.0 cm³/mol. The number of carbonyl (C=O) groups is 1. The molecule has 1 aromatic heterocycles. The van der Waals surface area contributed by atoms with E-state index in [0.29, 0.717) is 6.54 Å². The van der Waals surface area contributed by atoms with E-state index in [4.69, 9.17) is 5.73 Å². The Morgan fingerprint density at radius 1 is 1.29 bits per heavy atom. The number of aromatic nitrogens is 2. The molecule has 112 valence electrons. The number of amides is 1. The Bertz CT molecular complexity index is 568. The SMILES string of the molecule is CCC(CC)(CN)C(=O)Nc1ccc(-c2csnn2)cc1. The lowest BCUT2D eigenvalue weighted by Crippen LogP contribution is -2.41. The van der Waals surface area contributed by atoms with Crippen LogP contribution < -0.4 is 11.1 Å². The quantitative estimate of drug-likeness (QED) is 0.860. The third-order valence-corrected chi connectivity index (χ3v) is 4.53. The Morgan fingerprint density at radius 3 is 2.43 bits per heavy atom. The van der Waals surface area contributed by atoms with Gasteiger partial charge in [0.2, 0.25) is 5.91 Å². The zero-order chi connectivity index (χ0) is 15.3. The molecule has 0 saturated heterocycles. The first kappa shape index (κ1) is 15.6. The van der Waals surface area contributed by atoms with Crippen LogP contribution in [0.4, 0.5) is 5.69 Å². The Balaban J connectivity index is 2.11. The van der Waals surface area contributed by atoms with E-state index in [2.05, 4.69) is 14.9 Å². The van der Waals surface area contributed by atoms with Crippen molar-refractivity contribution in [2.45, 2.75) is 26.7 Å². The smallest absolute Gasteiger partial charge is 0.231 e. The fourth-order valence-electron chi connectivity index (χ4n) is 2.23. The monoisotopic (exact) mass is 304 g/mol. The molecule has 0 fully saturated rings. The van der Waals surface area contributed by atoms with Gasteiger partial charge < -0.3 is 11.1 Å². The number of nitrogens with one attached hydrogen (secondary N) is 1.